The molecule has 126 valence electrons. The van der Waals surface area contributed by atoms with E-state index in [1.165, 1.54) is 0 Å². The van der Waals surface area contributed by atoms with E-state index in [2.05, 4.69) is 35.1 Å². The minimum atomic E-state index is 0.0404. The third-order valence-electron chi connectivity index (χ3n) is 4.03. The van der Waals surface area contributed by atoms with Gasteiger partial charge in [-0.3, -0.25) is 10.1 Å². The van der Waals surface area contributed by atoms with Crippen molar-refractivity contribution in [1.29, 1.82) is 0 Å². The molecule has 2 aromatic heterocycles. The number of ether oxygens (including phenoxy) is 1. The number of benzene rings is 1. The Bertz CT molecular complexity index is 825. The van der Waals surface area contributed by atoms with Crippen LogP contribution in [0.1, 0.15) is 26.0 Å². The zero-order valence-corrected chi connectivity index (χ0v) is 14.4. The minimum absolute atomic E-state index is 0.0404. The molecule has 3 rings (SSSR count). The summed E-state index contributed by atoms with van der Waals surface area (Å²) in [6.07, 6.45) is 4.52. The summed E-state index contributed by atoms with van der Waals surface area (Å²) in [4.78, 5) is 4.30. The number of rotatable bonds is 6. The van der Waals surface area contributed by atoms with Crippen LogP contribution in [-0.2, 0) is 0 Å². The smallest absolute Gasteiger partial charge is 0.138 e. The van der Waals surface area contributed by atoms with Crippen LogP contribution in [0.15, 0.2) is 36.7 Å². The molecule has 3 N–H and O–H groups in total. The number of H-pyrrole nitrogens is 1. The Balaban J connectivity index is 1.77. The van der Waals surface area contributed by atoms with Crippen LogP contribution in [0.3, 0.4) is 0 Å². The van der Waals surface area contributed by atoms with Crippen molar-refractivity contribution in [3.8, 4) is 16.9 Å². The first-order chi connectivity index (χ1) is 11.5. The van der Waals surface area contributed by atoms with Crippen molar-refractivity contribution in [2.45, 2.75) is 33.2 Å². The Morgan fingerprint density at radius 3 is 2.79 bits per heavy atom. The average molecular weight is 324 g/mol. The average Bonchev–Trinajstić information content (AvgIpc) is 2.93. The highest BCUT2D eigenvalue weighted by Crippen LogP contribution is 2.27. The van der Waals surface area contributed by atoms with E-state index in [1.807, 2.05) is 31.3 Å². The predicted octanol–water partition coefficient (Wildman–Crippen LogP) is 3.69. The van der Waals surface area contributed by atoms with E-state index < -0.39 is 0 Å². The Morgan fingerprint density at radius 2 is 2.00 bits per heavy atom. The molecule has 5 heteroatoms. The summed E-state index contributed by atoms with van der Waals surface area (Å²) in [5.41, 5.74) is 10.2. The Kier molecular flexibility index (Phi) is 4.81. The highest BCUT2D eigenvalue weighted by Gasteiger charge is 2.09. The zero-order valence-electron chi connectivity index (χ0n) is 14.4. The summed E-state index contributed by atoms with van der Waals surface area (Å²) in [6.45, 7) is 6.85. The quantitative estimate of drug-likeness (QED) is 0.725. The first-order valence-corrected chi connectivity index (χ1v) is 8.31. The molecule has 24 heavy (non-hydrogen) atoms. The number of aromatic nitrogens is 3. The normalized spacial score (nSPS) is 12.7. The number of aryl methyl sites for hydroxylation is 1. The van der Waals surface area contributed by atoms with Gasteiger partial charge in [0.25, 0.3) is 0 Å². The molecular formula is C19H24N4O. The van der Waals surface area contributed by atoms with Gasteiger partial charge in [-0.25, -0.2) is 0 Å². The first-order valence-electron chi connectivity index (χ1n) is 8.31. The predicted molar refractivity (Wildman–Crippen MR) is 97.0 cm³/mol. The summed E-state index contributed by atoms with van der Waals surface area (Å²) in [5, 5.41) is 8.40. The lowest BCUT2D eigenvalue weighted by atomic mass is 10.0. The van der Waals surface area contributed by atoms with Crippen molar-refractivity contribution >= 4 is 10.9 Å². The van der Waals surface area contributed by atoms with Gasteiger partial charge in [0.1, 0.15) is 12.4 Å². The van der Waals surface area contributed by atoms with Crippen LogP contribution in [0, 0.1) is 12.8 Å². The van der Waals surface area contributed by atoms with Gasteiger partial charge in [-0.2, -0.15) is 5.10 Å². The fourth-order valence-electron chi connectivity index (χ4n) is 2.85. The molecule has 0 radical (unpaired) electrons. The minimum Gasteiger partial charge on any atom is -0.490 e. The second-order valence-electron chi connectivity index (χ2n) is 6.69. The zero-order chi connectivity index (χ0) is 17.1. The topological polar surface area (TPSA) is 76.8 Å². The summed E-state index contributed by atoms with van der Waals surface area (Å²) in [5.74, 6) is 1.31. The molecule has 2 heterocycles. The van der Waals surface area contributed by atoms with Gasteiger partial charge in [-0.15, -0.1) is 0 Å². The molecule has 1 aromatic carbocycles. The Morgan fingerprint density at radius 1 is 1.17 bits per heavy atom. The highest BCUT2D eigenvalue weighted by molar-refractivity contribution is 5.86. The molecule has 0 fully saturated rings. The van der Waals surface area contributed by atoms with Gasteiger partial charge in [-0.05, 0) is 43.0 Å². The molecule has 1 atom stereocenters. The van der Waals surface area contributed by atoms with Gasteiger partial charge >= 0.3 is 0 Å². The molecule has 5 nitrogen and oxygen atoms in total. The van der Waals surface area contributed by atoms with Crippen molar-refractivity contribution in [3.63, 3.8) is 0 Å². The number of nitrogens with zero attached hydrogens (tertiary/aromatic N) is 2. The van der Waals surface area contributed by atoms with Crippen LogP contribution in [0.25, 0.3) is 22.0 Å². The number of nitrogens with one attached hydrogen (secondary N) is 1. The van der Waals surface area contributed by atoms with Gasteiger partial charge in [0.05, 0.1) is 11.7 Å². The van der Waals surface area contributed by atoms with Crippen LogP contribution < -0.4 is 10.5 Å². The summed E-state index contributed by atoms with van der Waals surface area (Å²) < 4.78 is 5.82. The Labute approximate surface area is 142 Å². The van der Waals surface area contributed by atoms with E-state index in [0.29, 0.717) is 12.5 Å². The second-order valence-corrected chi connectivity index (χ2v) is 6.69. The van der Waals surface area contributed by atoms with E-state index >= 15 is 0 Å². The third kappa shape index (κ3) is 3.74. The second kappa shape index (κ2) is 7.01. The van der Waals surface area contributed by atoms with Crippen LogP contribution in [0.5, 0.6) is 5.75 Å². The van der Waals surface area contributed by atoms with Crippen LogP contribution in [0.4, 0.5) is 0 Å². The van der Waals surface area contributed by atoms with Crippen LogP contribution >= 0.6 is 0 Å². The van der Waals surface area contributed by atoms with Crippen molar-refractivity contribution in [2.75, 3.05) is 6.61 Å². The fraction of sp³-hybridized carbons (Fsp3) is 0.368. The third-order valence-corrected chi connectivity index (χ3v) is 4.03. The monoisotopic (exact) mass is 324 g/mol. The molecule has 0 saturated carbocycles. The number of pyridine rings is 1. The SMILES string of the molecule is Cc1[nH]nc2ccc(-c3cncc(OCC(N)CC(C)C)c3)cc12. The van der Waals surface area contributed by atoms with Gasteiger partial charge < -0.3 is 10.5 Å². The fourth-order valence-corrected chi connectivity index (χ4v) is 2.85. The van der Waals surface area contributed by atoms with Crippen LogP contribution in [-0.4, -0.2) is 27.8 Å². The van der Waals surface area contributed by atoms with E-state index in [9.17, 15) is 0 Å². The van der Waals surface area contributed by atoms with Gasteiger partial charge in [0, 0.05) is 28.9 Å². The maximum Gasteiger partial charge on any atom is 0.138 e. The van der Waals surface area contributed by atoms with E-state index in [1.54, 1.807) is 6.20 Å². The van der Waals surface area contributed by atoms with E-state index in [0.717, 1.165) is 39.9 Å². The Hall–Kier alpha value is -2.40. The van der Waals surface area contributed by atoms with Crippen molar-refractivity contribution < 1.29 is 4.74 Å². The summed E-state index contributed by atoms with van der Waals surface area (Å²) in [6, 6.07) is 8.23. The number of aromatic amines is 1. The highest BCUT2D eigenvalue weighted by atomic mass is 16.5. The molecule has 1 unspecified atom stereocenters. The van der Waals surface area contributed by atoms with Gasteiger partial charge in [0.2, 0.25) is 0 Å². The number of hydrogen-bond donors (Lipinski definition) is 2. The van der Waals surface area contributed by atoms with Crippen molar-refractivity contribution in [3.05, 3.63) is 42.4 Å². The summed E-state index contributed by atoms with van der Waals surface area (Å²) in [7, 11) is 0. The molecule has 0 aliphatic rings. The molecule has 0 aliphatic carbocycles. The lowest BCUT2D eigenvalue weighted by Crippen LogP contribution is -2.29. The van der Waals surface area contributed by atoms with Crippen molar-refractivity contribution in [1.82, 2.24) is 15.2 Å². The largest absolute Gasteiger partial charge is 0.490 e. The number of fused-ring (bicyclic) bond motifs is 1. The van der Waals surface area contributed by atoms with E-state index in [4.69, 9.17) is 10.5 Å². The van der Waals surface area contributed by atoms with Gasteiger partial charge in [-0.1, -0.05) is 19.9 Å². The van der Waals surface area contributed by atoms with Crippen molar-refractivity contribution in [2.24, 2.45) is 11.7 Å². The van der Waals surface area contributed by atoms with Gasteiger partial charge in [0.15, 0.2) is 0 Å². The molecule has 0 amide bonds. The molecule has 0 saturated heterocycles. The lowest BCUT2D eigenvalue weighted by molar-refractivity contribution is 0.270. The first kappa shape index (κ1) is 16.5. The maximum atomic E-state index is 6.08. The standard InChI is InChI=1S/C19H24N4O/c1-12(2)6-16(20)11-24-17-7-15(9-21-10-17)14-4-5-19-18(8-14)13(3)22-23-19/h4-5,7-10,12,16H,6,11,20H2,1-3H3,(H,22,23). The molecule has 0 aliphatic heterocycles. The van der Waals surface area contributed by atoms with E-state index in [-0.39, 0.29) is 6.04 Å². The van der Waals surface area contributed by atoms with Crippen LogP contribution in [0.2, 0.25) is 0 Å². The molecule has 3 aromatic rings. The molecule has 0 bridgehead atoms. The molecular weight excluding hydrogens is 300 g/mol. The lowest BCUT2D eigenvalue weighted by Gasteiger charge is -2.15. The number of hydrogen-bond acceptors (Lipinski definition) is 4. The molecule has 0 spiro atoms. The summed E-state index contributed by atoms with van der Waals surface area (Å²) >= 11 is 0. The maximum absolute atomic E-state index is 6.08. The number of nitrogens with two attached hydrogens (primary N) is 1.